The van der Waals surface area contributed by atoms with Crippen molar-refractivity contribution in [1.29, 1.82) is 0 Å². The van der Waals surface area contributed by atoms with E-state index >= 15 is 0 Å². The Bertz CT molecular complexity index is 760. The smallest absolute Gasteiger partial charge is 0.180 e. The minimum absolute atomic E-state index is 0. The van der Waals surface area contributed by atoms with E-state index in [4.69, 9.17) is 44.3 Å². The van der Waals surface area contributed by atoms with E-state index in [9.17, 15) is 0 Å². The molecule has 164 valence electrons. The number of ether oxygens (including phenoxy) is 2. The van der Waals surface area contributed by atoms with E-state index in [1.54, 1.807) is 12.1 Å². The van der Waals surface area contributed by atoms with Crippen LogP contribution in [-0.2, 0) is 13.2 Å². The zero-order chi connectivity index (χ0) is 19.8. The molecule has 0 unspecified atom stereocenters. The van der Waals surface area contributed by atoms with Gasteiger partial charge in [0.1, 0.15) is 6.61 Å². The third-order valence-electron chi connectivity index (χ3n) is 3.82. The molecular formula is C20H27Cl5N2O2. The largest absolute Gasteiger partial charge is 0.490 e. The van der Waals surface area contributed by atoms with E-state index in [0.29, 0.717) is 39.7 Å². The number of benzene rings is 2. The molecule has 0 amide bonds. The Kier molecular flexibility index (Phi) is 14.1. The average Bonchev–Trinajstić information content (AvgIpc) is 2.59. The molecule has 0 aromatic heterocycles. The fraction of sp³-hybridized carbons (Fsp3) is 0.400. The summed E-state index contributed by atoms with van der Waals surface area (Å²) in [5.74, 6) is 1.14. The van der Waals surface area contributed by atoms with Crippen LogP contribution in [-0.4, -0.2) is 38.7 Å². The molecule has 9 heteroatoms. The highest BCUT2D eigenvalue weighted by Gasteiger charge is 2.14. The summed E-state index contributed by atoms with van der Waals surface area (Å²) < 4.78 is 11.7. The fourth-order valence-corrected chi connectivity index (χ4v) is 3.20. The Morgan fingerprint density at radius 2 is 1.69 bits per heavy atom. The van der Waals surface area contributed by atoms with Crippen LogP contribution in [0, 0.1) is 0 Å². The molecule has 2 aromatic carbocycles. The van der Waals surface area contributed by atoms with Gasteiger partial charge in [0, 0.05) is 35.2 Å². The van der Waals surface area contributed by atoms with E-state index in [2.05, 4.69) is 10.2 Å². The zero-order valence-electron chi connectivity index (χ0n) is 16.6. The SMILES string of the molecule is CCOc1cc(CNCCN(C)C)cc(Cl)c1OCc1ccc(Cl)cc1Cl.Cl.Cl. The maximum absolute atomic E-state index is 6.47. The summed E-state index contributed by atoms with van der Waals surface area (Å²) in [7, 11) is 4.09. The van der Waals surface area contributed by atoms with Crippen molar-refractivity contribution in [3.63, 3.8) is 0 Å². The van der Waals surface area contributed by atoms with E-state index in [0.717, 1.165) is 24.2 Å². The predicted molar refractivity (Wildman–Crippen MR) is 128 cm³/mol. The van der Waals surface area contributed by atoms with Gasteiger partial charge in [-0.15, -0.1) is 24.8 Å². The Labute approximate surface area is 200 Å². The van der Waals surface area contributed by atoms with Gasteiger partial charge in [-0.3, -0.25) is 0 Å². The van der Waals surface area contributed by atoms with Crippen LogP contribution in [0.25, 0.3) is 0 Å². The van der Waals surface area contributed by atoms with E-state index in [1.807, 2.05) is 39.2 Å². The molecule has 2 rings (SSSR count). The minimum Gasteiger partial charge on any atom is -0.490 e. The number of halogens is 5. The van der Waals surface area contributed by atoms with Gasteiger partial charge in [0.25, 0.3) is 0 Å². The Hall–Kier alpha value is -0.590. The molecule has 0 aliphatic carbocycles. The lowest BCUT2D eigenvalue weighted by molar-refractivity contribution is 0.269. The Morgan fingerprint density at radius 1 is 0.966 bits per heavy atom. The third-order valence-corrected chi connectivity index (χ3v) is 4.69. The molecule has 29 heavy (non-hydrogen) atoms. The quantitative estimate of drug-likeness (QED) is 0.395. The van der Waals surface area contributed by atoms with Crippen LogP contribution in [0.5, 0.6) is 11.5 Å². The van der Waals surface area contributed by atoms with Crippen LogP contribution < -0.4 is 14.8 Å². The van der Waals surface area contributed by atoms with Crippen molar-refractivity contribution in [2.45, 2.75) is 20.1 Å². The second-order valence-corrected chi connectivity index (χ2v) is 7.59. The summed E-state index contributed by atoms with van der Waals surface area (Å²) in [4.78, 5) is 2.13. The molecule has 0 aliphatic heterocycles. The Balaban J connectivity index is 0.00000392. The molecule has 1 N–H and O–H groups in total. The molecule has 0 saturated carbocycles. The van der Waals surface area contributed by atoms with Gasteiger partial charge in [0.2, 0.25) is 0 Å². The van der Waals surface area contributed by atoms with Crippen molar-refractivity contribution < 1.29 is 9.47 Å². The number of likely N-dealkylation sites (N-methyl/N-ethyl adjacent to an activating group) is 1. The van der Waals surface area contributed by atoms with Gasteiger partial charge in [-0.25, -0.2) is 0 Å². The van der Waals surface area contributed by atoms with Crippen LogP contribution in [0.4, 0.5) is 0 Å². The topological polar surface area (TPSA) is 33.7 Å². The molecule has 0 saturated heterocycles. The molecule has 0 aliphatic rings. The van der Waals surface area contributed by atoms with Crippen molar-refractivity contribution in [3.8, 4) is 11.5 Å². The summed E-state index contributed by atoms with van der Waals surface area (Å²) in [5.41, 5.74) is 1.87. The molecule has 0 fully saturated rings. The van der Waals surface area contributed by atoms with Crippen molar-refractivity contribution in [1.82, 2.24) is 10.2 Å². The van der Waals surface area contributed by atoms with Crippen molar-refractivity contribution in [2.24, 2.45) is 0 Å². The van der Waals surface area contributed by atoms with E-state index in [-0.39, 0.29) is 31.4 Å². The van der Waals surface area contributed by atoms with Crippen molar-refractivity contribution in [2.75, 3.05) is 33.8 Å². The van der Waals surface area contributed by atoms with Crippen molar-refractivity contribution in [3.05, 3.63) is 56.5 Å². The highest BCUT2D eigenvalue weighted by Crippen LogP contribution is 2.37. The lowest BCUT2D eigenvalue weighted by atomic mass is 10.2. The van der Waals surface area contributed by atoms with E-state index < -0.39 is 0 Å². The van der Waals surface area contributed by atoms with Gasteiger partial charge in [0.05, 0.1) is 11.6 Å². The normalized spacial score (nSPS) is 10.3. The number of hydrogen-bond acceptors (Lipinski definition) is 4. The van der Waals surface area contributed by atoms with Gasteiger partial charge < -0.3 is 19.7 Å². The average molecular weight is 505 g/mol. The minimum atomic E-state index is 0. The summed E-state index contributed by atoms with van der Waals surface area (Å²) in [5, 5.41) is 5.04. The number of rotatable bonds is 10. The predicted octanol–water partition coefficient (Wildman–Crippen LogP) is 6.12. The van der Waals surface area contributed by atoms with Crippen LogP contribution in [0.3, 0.4) is 0 Å². The second kappa shape index (κ2) is 14.4. The van der Waals surface area contributed by atoms with Gasteiger partial charge in [-0.1, -0.05) is 40.9 Å². The fourth-order valence-electron chi connectivity index (χ4n) is 2.45. The summed E-state index contributed by atoms with van der Waals surface area (Å²) in [6.07, 6.45) is 0. The third kappa shape index (κ3) is 9.39. The molecule has 0 bridgehead atoms. The second-order valence-electron chi connectivity index (χ2n) is 6.34. The first kappa shape index (κ1) is 28.4. The van der Waals surface area contributed by atoms with Crippen molar-refractivity contribution >= 4 is 59.6 Å². The summed E-state index contributed by atoms with van der Waals surface area (Å²) in [6.45, 7) is 5.28. The first-order valence-electron chi connectivity index (χ1n) is 8.78. The maximum atomic E-state index is 6.47. The number of nitrogens with one attached hydrogen (secondary N) is 1. The number of nitrogens with zero attached hydrogens (tertiary/aromatic N) is 1. The zero-order valence-corrected chi connectivity index (χ0v) is 20.5. The van der Waals surface area contributed by atoms with Crippen LogP contribution >= 0.6 is 59.6 Å². The monoisotopic (exact) mass is 502 g/mol. The highest BCUT2D eigenvalue weighted by atomic mass is 35.5. The first-order chi connectivity index (χ1) is 12.9. The molecule has 4 nitrogen and oxygen atoms in total. The van der Waals surface area contributed by atoms with E-state index in [1.165, 1.54) is 0 Å². The van der Waals surface area contributed by atoms with Gasteiger partial charge >= 0.3 is 0 Å². The van der Waals surface area contributed by atoms with Gasteiger partial charge in [-0.2, -0.15) is 0 Å². The molecule has 0 heterocycles. The van der Waals surface area contributed by atoms with Gasteiger partial charge in [0.15, 0.2) is 11.5 Å². The molecule has 0 spiro atoms. The summed E-state index contributed by atoms with van der Waals surface area (Å²) in [6, 6.07) is 9.15. The molecular weight excluding hydrogens is 477 g/mol. The van der Waals surface area contributed by atoms with Crippen LogP contribution in [0.2, 0.25) is 15.1 Å². The standard InChI is InChI=1S/C20H25Cl3N2O2.2ClH/c1-4-26-19-10-14(12-24-7-8-25(2)3)9-18(23)20(19)27-13-15-5-6-16(21)11-17(15)22;;/h5-6,9-11,24H,4,7-8,12-13H2,1-3H3;2*1H. The highest BCUT2D eigenvalue weighted by molar-refractivity contribution is 6.35. The summed E-state index contributed by atoms with van der Waals surface area (Å²) >= 11 is 18.6. The lowest BCUT2D eigenvalue weighted by Gasteiger charge is -2.16. The molecule has 0 radical (unpaired) electrons. The lowest BCUT2D eigenvalue weighted by Crippen LogP contribution is -2.26. The van der Waals surface area contributed by atoms with Crippen LogP contribution in [0.1, 0.15) is 18.1 Å². The van der Waals surface area contributed by atoms with Gasteiger partial charge in [-0.05, 0) is 50.8 Å². The number of hydrogen-bond donors (Lipinski definition) is 1. The Morgan fingerprint density at radius 3 is 2.31 bits per heavy atom. The molecule has 2 aromatic rings. The maximum Gasteiger partial charge on any atom is 0.180 e. The first-order valence-corrected chi connectivity index (χ1v) is 9.91. The molecule has 0 atom stereocenters. The van der Waals surface area contributed by atoms with Crippen LogP contribution in [0.15, 0.2) is 30.3 Å².